The molecule has 1 aliphatic carbocycles. The summed E-state index contributed by atoms with van der Waals surface area (Å²) in [5.74, 6) is 4.51. The van der Waals surface area contributed by atoms with Crippen LogP contribution < -0.4 is 11.3 Å². The van der Waals surface area contributed by atoms with Crippen molar-refractivity contribution in [3.05, 3.63) is 0 Å². The number of ether oxygens (including phenoxy) is 1. The van der Waals surface area contributed by atoms with Crippen molar-refractivity contribution in [3.8, 4) is 0 Å². The van der Waals surface area contributed by atoms with Gasteiger partial charge in [0.25, 0.3) is 5.91 Å². The summed E-state index contributed by atoms with van der Waals surface area (Å²) < 4.78 is 28.4. The van der Waals surface area contributed by atoms with Crippen molar-refractivity contribution >= 4 is 15.7 Å². The van der Waals surface area contributed by atoms with Crippen molar-refractivity contribution in [2.24, 2.45) is 11.8 Å². The molecule has 6 nitrogen and oxygen atoms in total. The minimum Gasteiger partial charge on any atom is -0.381 e. The van der Waals surface area contributed by atoms with Gasteiger partial charge in [0, 0.05) is 7.11 Å². The van der Waals surface area contributed by atoms with Gasteiger partial charge in [-0.25, -0.2) is 14.3 Å². The summed E-state index contributed by atoms with van der Waals surface area (Å²) in [7, 11) is -1.85. The summed E-state index contributed by atoms with van der Waals surface area (Å²) in [6, 6.07) is 0. The fourth-order valence-corrected chi connectivity index (χ4v) is 4.08. The molecule has 0 atom stereocenters. The lowest BCUT2D eigenvalue weighted by atomic mass is 9.89. The second-order valence-corrected chi connectivity index (χ2v) is 8.23. The maximum Gasteiger partial charge on any atom is 0.254 e. The van der Waals surface area contributed by atoms with Gasteiger partial charge in [0.05, 0.1) is 11.9 Å². The number of hydrogen-bond acceptors (Lipinski definition) is 5. The lowest BCUT2D eigenvalue weighted by Gasteiger charge is -2.30. The maximum absolute atomic E-state index is 12.3. The molecule has 112 valence electrons. The van der Waals surface area contributed by atoms with Crippen molar-refractivity contribution in [1.29, 1.82) is 0 Å². The Morgan fingerprint density at radius 2 is 1.84 bits per heavy atom. The van der Waals surface area contributed by atoms with E-state index in [1.165, 1.54) is 13.8 Å². The third kappa shape index (κ3) is 3.67. The van der Waals surface area contributed by atoms with E-state index in [-0.39, 0.29) is 17.8 Å². The van der Waals surface area contributed by atoms with Crippen LogP contribution in [0.3, 0.4) is 0 Å². The zero-order chi connectivity index (χ0) is 14.7. The molecule has 0 bridgehead atoms. The molecule has 1 rings (SSSR count). The Kier molecular flexibility index (Phi) is 5.34. The van der Waals surface area contributed by atoms with E-state index in [1.807, 2.05) is 5.43 Å². The summed E-state index contributed by atoms with van der Waals surface area (Å²) in [6.45, 7) is 2.79. The van der Waals surface area contributed by atoms with Gasteiger partial charge in [-0.2, -0.15) is 0 Å². The zero-order valence-electron chi connectivity index (χ0n) is 11.8. The molecule has 0 aliphatic heterocycles. The molecule has 0 unspecified atom stereocenters. The van der Waals surface area contributed by atoms with E-state index in [9.17, 15) is 13.2 Å². The average molecular weight is 292 g/mol. The number of carbonyl (C=O) groups is 1. The van der Waals surface area contributed by atoms with Gasteiger partial charge in [-0.05, 0) is 45.4 Å². The van der Waals surface area contributed by atoms with Crippen LogP contribution >= 0.6 is 0 Å². The number of nitrogens with two attached hydrogens (primary N) is 1. The molecule has 7 heteroatoms. The normalized spacial score (nSPS) is 25.1. The number of hydrazine groups is 1. The van der Waals surface area contributed by atoms with E-state index in [0.29, 0.717) is 0 Å². The van der Waals surface area contributed by atoms with Crippen molar-refractivity contribution < 1.29 is 17.9 Å². The van der Waals surface area contributed by atoms with Crippen molar-refractivity contribution in [2.75, 3.05) is 12.9 Å². The molecule has 1 fully saturated rings. The van der Waals surface area contributed by atoms with Crippen molar-refractivity contribution in [3.63, 3.8) is 0 Å². The zero-order valence-corrected chi connectivity index (χ0v) is 12.6. The third-order valence-corrected chi connectivity index (χ3v) is 6.69. The van der Waals surface area contributed by atoms with Crippen LogP contribution in [0, 0.1) is 5.92 Å². The van der Waals surface area contributed by atoms with Gasteiger partial charge in [-0.3, -0.25) is 10.2 Å². The highest BCUT2D eigenvalue weighted by atomic mass is 32.2. The van der Waals surface area contributed by atoms with Crippen molar-refractivity contribution in [1.82, 2.24) is 5.43 Å². The number of amides is 1. The molecule has 1 aliphatic rings. The van der Waals surface area contributed by atoms with Crippen molar-refractivity contribution in [2.45, 2.75) is 50.4 Å². The highest BCUT2D eigenvalue weighted by Gasteiger charge is 2.42. The lowest BCUT2D eigenvalue weighted by Crippen LogP contribution is -2.51. The molecule has 0 saturated heterocycles. The van der Waals surface area contributed by atoms with E-state index in [4.69, 9.17) is 10.6 Å². The Hall–Kier alpha value is -0.660. The standard InChI is InChI=1S/C12H24N2O4S/c1-12(2,11(15)14-13)19(16,17)8-9-4-6-10(18-3)7-5-9/h9-10H,4-8,13H2,1-3H3,(H,14,15). The smallest absolute Gasteiger partial charge is 0.254 e. The monoisotopic (exact) mass is 292 g/mol. The first-order valence-electron chi connectivity index (χ1n) is 6.50. The van der Waals surface area contributed by atoms with Gasteiger partial charge in [-0.1, -0.05) is 0 Å². The first kappa shape index (κ1) is 16.4. The summed E-state index contributed by atoms with van der Waals surface area (Å²) >= 11 is 0. The van der Waals surface area contributed by atoms with E-state index in [2.05, 4.69) is 0 Å². The lowest BCUT2D eigenvalue weighted by molar-refractivity contribution is -0.122. The van der Waals surface area contributed by atoms with Crippen LogP contribution in [0.15, 0.2) is 0 Å². The minimum atomic E-state index is -3.53. The highest BCUT2D eigenvalue weighted by molar-refractivity contribution is 7.93. The second kappa shape index (κ2) is 6.19. The fraction of sp³-hybridized carbons (Fsp3) is 0.917. The molecule has 0 aromatic heterocycles. The van der Waals surface area contributed by atoms with Crippen LogP contribution in [-0.4, -0.2) is 38.0 Å². The maximum atomic E-state index is 12.3. The second-order valence-electron chi connectivity index (χ2n) is 5.64. The number of methoxy groups -OCH3 is 1. The Balaban J connectivity index is 2.68. The largest absolute Gasteiger partial charge is 0.381 e. The quantitative estimate of drug-likeness (QED) is 0.433. The van der Waals surface area contributed by atoms with Crippen LogP contribution in [-0.2, 0) is 19.4 Å². The molecular formula is C12H24N2O4S. The van der Waals surface area contributed by atoms with Gasteiger partial charge < -0.3 is 4.74 Å². The Morgan fingerprint density at radius 1 is 1.32 bits per heavy atom. The molecule has 19 heavy (non-hydrogen) atoms. The van der Waals surface area contributed by atoms with Gasteiger partial charge in [0.15, 0.2) is 9.84 Å². The Bertz CT molecular complexity index is 411. The number of nitrogens with one attached hydrogen (secondary N) is 1. The topological polar surface area (TPSA) is 98.5 Å². The average Bonchev–Trinajstić information content (AvgIpc) is 2.37. The third-order valence-electron chi connectivity index (χ3n) is 4.04. The molecule has 0 aromatic carbocycles. The van der Waals surface area contributed by atoms with E-state index < -0.39 is 20.5 Å². The molecule has 0 radical (unpaired) electrons. The molecule has 1 amide bonds. The molecular weight excluding hydrogens is 268 g/mol. The van der Waals surface area contributed by atoms with E-state index in [1.54, 1.807) is 7.11 Å². The summed E-state index contributed by atoms with van der Waals surface area (Å²) in [4.78, 5) is 11.6. The minimum absolute atomic E-state index is 0.0316. The molecule has 0 heterocycles. The summed E-state index contributed by atoms with van der Waals surface area (Å²) in [6.07, 6.45) is 3.62. The summed E-state index contributed by atoms with van der Waals surface area (Å²) in [5.41, 5.74) is 1.93. The number of hydrogen-bond donors (Lipinski definition) is 2. The van der Waals surface area contributed by atoms with E-state index in [0.717, 1.165) is 25.7 Å². The predicted octanol–water partition coefficient (Wildman–Crippen LogP) is 0.375. The van der Waals surface area contributed by atoms with Crippen LogP contribution in [0.4, 0.5) is 0 Å². The Morgan fingerprint density at radius 3 is 2.26 bits per heavy atom. The first-order chi connectivity index (χ1) is 8.74. The number of carbonyl (C=O) groups excluding carboxylic acids is 1. The molecule has 0 aromatic rings. The molecule has 0 spiro atoms. The fourth-order valence-electron chi connectivity index (χ4n) is 2.37. The predicted molar refractivity (Wildman–Crippen MR) is 73.0 cm³/mol. The summed E-state index contributed by atoms with van der Waals surface area (Å²) in [5, 5.41) is 0. The van der Waals surface area contributed by atoms with Gasteiger partial charge in [0.2, 0.25) is 0 Å². The first-order valence-corrected chi connectivity index (χ1v) is 8.16. The van der Waals surface area contributed by atoms with Crippen LogP contribution in [0.5, 0.6) is 0 Å². The van der Waals surface area contributed by atoms with Gasteiger partial charge in [-0.15, -0.1) is 0 Å². The Labute approximate surface area is 115 Å². The number of sulfone groups is 1. The molecule has 3 N–H and O–H groups in total. The highest BCUT2D eigenvalue weighted by Crippen LogP contribution is 2.30. The van der Waals surface area contributed by atoms with Crippen LogP contribution in [0.25, 0.3) is 0 Å². The van der Waals surface area contributed by atoms with Crippen LogP contribution in [0.1, 0.15) is 39.5 Å². The van der Waals surface area contributed by atoms with Gasteiger partial charge in [0.1, 0.15) is 4.75 Å². The molecule has 1 saturated carbocycles. The number of rotatable bonds is 5. The van der Waals surface area contributed by atoms with Gasteiger partial charge >= 0.3 is 0 Å². The van der Waals surface area contributed by atoms with Crippen LogP contribution in [0.2, 0.25) is 0 Å². The van der Waals surface area contributed by atoms with E-state index >= 15 is 0 Å². The SMILES string of the molecule is COC1CCC(CS(=O)(=O)C(C)(C)C(=O)NN)CC1.